The maximum absolute atomic E-state index is 14.5. The minimum absolute atomic E-state index is 0.00841. The Kier molecular flexibility index (Phi) is 8.58. The van der Waals surface area contributed by atoms with Crippen LogP contribution in [0.2, 0.25) is 0 Å². The first-order valence-corrected chi connectivity index (χ1v) is 17.2. The van der Waals surface area contributed by atoms with Crippen molar-refractivity contribution in [2.45, 2.75) is 68.9 Å². The van der Waals surface area contributed by atoms with Crippen molar-refractivity contribution in [3.05, 3.63) is 77.6 Å². The van der Waals surface area contributed by atoms with Crippen LogP contribution < -0.4 is 20.7 Å². The molecule has 2 saturated carbocycles. The predicted octanol–water partition coefficient (Wildman–Crippen LogP) is 4.13. The summed E-state index contributed by atoms with van der Waals surface area (Å²) >= 11 is 0. The highest BCUT2D eigenvalue weighted by molar-refractivity contribution is 6.01. The molecule has 3 fully saturated rings. The number of fused-ring (bicyclic) bond motifs is 1. The standard InChI is InChI=1S/C37H44N6O6/c1-23(24-8-6-9-24)39-34(46)37(17-19-43(21-37)35(47)48-3)25-10-7-11-26(20-25)40-33(45)31(41-32(44)28-14-18-38-42(28)2)30-27-12-4-5-13-29(27)49-22-36(30)15-16-36/h4-5,7,10-14,18,20,23-24,30-31H,6,8-9,15-17,19,21-22H2,1-3H3,(H,39,46)(H,40,45)(H,41,44)/t23-,30?,31-,37?/m0/s1. The molecule has 4 aliphatic rings. The van der Waals surface area contributed by atoms with E-state index < -0.39 is 23.5 Å². The minimum Gasteiger partial charge on any atom is -0.493 e. The van der Waals surface area contributed by atoms with Crippen molar-refractivity contribution in [1.82, 2.24) is 25.3 Å². The fraction of sp³-hybridized carbons (Fsp3) is 0.486. The van der Waals surface area contributed by atoms with E-state index in [1.165, 1.54) is 11.8 Å². The third-order valence-corrected chi connectivity index (χ3v) is 11.3. The molecule has 2 aliphatic carbocycles. The number of nitrogens with one attached hydrogen (secondary N) is 3. The summed E-state index contributed by atoms with van der Waals surface area (Å²) in [5.41, 5.74) is 1.10. The van der Waals surface area contributed by atoms with Gasteiger partial charge in [0.25, 0.3) is 5.91 Å². The van der Waals surface area contributed by atoms with E-state index in [2.05, 4.69) is 21.0 Å². The summed E-state index contributed by atoms with van der Waals surface area (Å²) in [5.74, 6) is -0.101. The van der Waals surface area contributed by atoms with E-state index in [0.717, 1.165) is 37.7 Å². The Balaban J connectivity index is 1.20. The number of nitrogens with zero attached hydrogens (tertiary/aromatic N) is 3. The number of aromatic nitrogens is 2. The second-order valence-electron chi connectivity index (χ2n) is 14.2. The van der Waals surface area contributed by atoms with Crippen molar-refractivity contribution in [1.29, 1.82) is 0 Å². The monoisotopic (exact) mass is 668 g/mol. The summed E-state index contributed by atoms with van der Waals surface area (Å²) in [6, 6.07) is 15.7. The molecular formula is C37H44N6O6. The topological polar surface area (TPSA) is 144 Å². The number of carbonyl (C=O) groups excluding carboxylic acids is 4. The lowest BCUT2D eigenvalue weighted by molar-refractivity contribution is -0.127. The Morgan fingerprint density at radius 3 is 2.51 bits per heavy atom. The second kappa shape index (κ2) is 12.9. The molecule has 1 spiro atoms. The van der Waals surface area contributed by atoms with Gasteiger partial charge >= 0.3 is 6.09 Å². The van der Waals surface area contributed by atoms with Crippen LogP contribution in [0, 0.1) is 11.3 Å². The number of hydrogen-bond donors (Lipinski definition) is 3. The number of ether oxygens (including phenoxy) is 2. The molecule has 1 saturated heterocycles. The minimum atomic E-state index is -1.03. The highest BCUT2D eigenvalue weighted by Gasteiger charge is 2.58. The second-order valence-corrected chi connectivity index (χ2v) is 14.2. The molecule has 3 aromatic rings. The van der Waals surface area contributed by atoms with Crippen molar-refractivity contribution in [2.75, 3.05) is 32.1 Å². The van der Waals surface area contributed by atoms with Gasteiger partial charge < -0.3 is 30.3 Å². The molecule has 3 N–H and O–H groups in total. The van der Waals surface area contributed by atoms with Gasteiger partial charge in [0.2, 0.25) is 11.8 Å². The zero-order valence-corrected chi connectivity index (χ0v) is 28.2. The van der Waals surface area contributed by atoms with Crippen molar-refractivity contribution < 1.29 is 28.7 Å². The van der Waals surface area contributed by atoms with E-state index >= 15 is 0 Å². The van der Waals surface area contributed by atoms with Crippen LogP contribution in [0.1, 0.15) is 73.0 Å². The van der Waals surface area contributed by atoms with Crippen LogP contribution in [0.15, 0.2) is 60.8 Å². The normalized spacial score (nSPS) is 23.3. The van der Waals surface area contributed by atoms with Gasteiger partial charge in [-0.05, 0) is 74.8 Å². The van der Waals surface area contributed by atoms with Crippen molar-refractivity contribution in [2.24, 2.45) is 18.4 Å². The molecule has 49 heavy (non-hydrogen) atoms. The fourth-order valence-electron chi connectivity index (χ4n) is 7.94. The Morgan fingerprint density at radius 1 is 1.02 bits per heavy atom. The molecule has 4 amide bonds. The van der Waals surface area contributed by atoms with Crippen LogP contribution in [-0.4, -0.2) is 77.4 Å². The van der Waals surface area contributed by atoms with Crippen molar-refractivity contribution in [3.8, 4) is 5.75 Å². The van der Waals surface area contributed by atoms with Crippen LogP contribution in [0.5, 0.6) is 5.75 Å². The Labute approximate surface area is 285 Å². The quantitative estimate of drug-likeness (QED) is 0.311. The average molecular weight is 669 g/mol. The summed E-state index contributed by atoms with van der Waals surface area (Å²) < 4.78 is 12.6. The van der Waals surface area contributed by atoms with Crippen LogP contribution in [-0.2, 0) is 26.8 Å². The van der Waals surface area contributed by atoms with Crippen LogP contribution in [0.25, 0.3) is 0 Å². The van der Waals surface area contributed by atoms with Gasteiger partial charge in [-0.1, -0.05) is 36.8 Å². The van der Waals surface area contributed by atoms with Crippen LogP contribution in [0.4, 0.5) is 10.5 Å². The van der Waals surface area contributed by atoms with Gasteiger partial charge in [0.1, 0.15) is 17.5 Å². The van der Waals surface area contributed by atoms with Gasteiger partial charge in [-0.3, -0.25) is 19.1 Å². The molecular weight excluding hydrogens is 624 g/mol. The number of methoxy groups -OCH3 is 1. The summed E-state index contributed by atoms with van der Waals surface area (Å²) in [4.78, 5) is 56.4. The van der Waals surface area contributed by atoms with E-state index in [4.69, 9.17) is 9.47 Å². The highest BCUT2D eigenvalue weighted by Crippen LogP contribution is 2.61. The van der Waals surface area contributed by atoms with E-state index in [1.807, 2.05) is 49.4 Å². The van der Waals surface area contributed by atoms with E-state index in [1.54, 1.807) is 30.3 Å². The van der Waals surface area contributed by atoms with Gasteiger partial charge in [0.05, 0.1) is 19.1 Å². The third-order valence-electron chi connectivity index (χ3n) is 11.3. The maximum atomic E-state index is 14.5. The van der Waals surface area contributed by atoms with Crippen molar-refractivity contribution in [3.63, 3.8) is 0 Å². The fourth-order valence-corrected chi connectivity index (χ4v) is 7.94. The lowest BCUT2D eigenvalue weighted by Crippen LogP contribution is -2.52. The number of anilines is 1. The number of likely N-dealkylation sites (tertiary alicyclic amines) is 1. The third kappa shape index (κ3) is 6.02. The largest absolute Gasteiger partial charge is 0.493 e. The molecule has 2 aliphatic heterocycles. The number of aryl methyl sites for hydroxylation is 1. The number of carbonyl (C=O) groups is 4. The zero-order chi connectivity index (χ0) is 34.3. The maximum Gasteiger partial charge on any atom is 0.409 e. The number of benzene rings is 2. The molecule has 1 aromatic heterocycles. The van der Waals surface area contributed by atoms with Gasteiger partial charge in [-0.2, -0.15) is 5.10 Å². The first-order valence-electron chi connectivity index (χ1n) is 17.2. The molecule has 7 rings (SSSR count). The molecule has 4 atom stereocenters. The summed E-state index contributed by atoms with van der Waals surface area (Å²) in [7, 11) is 3.02. The zero-order valence-electron chi connectivity index (χ0n) is 28.2. The molecule has 12 heteroatoms. The number of para-hydroxylation sites is 1. The molecule has 2 aromatic carbocycles. The van der Waals surface area contributed by atoms with Crippen molar-refractivity contribution >= 4 is 29.5 Å². The van der Waals surface area contributed by atoms with Gasteiger partial charge in [-0.25, -0.2) is 4.79 Å². The summed E-state index contributed by atoms with van der Waals surface area (Å²) in [6.07, 6.45) is 6.56. The molecule has 258 valence electrons. The first-order chi connectivity index (χ1) is 23.6. The summed E-state index contributed by atoms with van der Waals surface area (Å²) in [6.45, 7) is 3.02. The van der Waals surface area contributed by atoms with Crippen LogP contribution >= 0.6 is 0 Å². The first kappa shape index (κ1) is 32.7. The van der Waals surface area contributed by atoms with E-state index in [-0.39, 0.29) is 35.7 Å². The molecule has 0 radical (unpaired) electrons. The molecule has 3 heterocycles. The highest BCUT2D eigenvalue weighted by atomic mass is 16.5. The number of amides is 4. The molecule has 0 bridgehead atoms. The lowest BCUT2D eigenvalue weighted by Gasteiger charge is -2.38. The number of rotatable bonds is 9. The van der Waals surface area contributed by atoms with Gasteiger partial charge in [0.15, 0.2) is 0 Å². The molecule has 2 unspecified atom stereocenters. The van der Waals surface area contributed by atoms with E-state index in [9.17, 15) is 19.2 Å². The van der Waals surface area contributed by atoms with Crippen LogP contribution in [0.3, 0.4) is 0 Å². The smallest absolute Gasteiger partial charge is 0.409 e. The van der Waals surface area contributed by atoms with Gasteiger partial charge in [0, 0.05) is 55.0 Å². The number of hydrogen-bond acceptors (Lipinski definition) is 7. The molecule has 12 nitrogen and oxygen atoms in total. The van der Waals surface area contributed by atoms with E-state index in [0.29, 0.717) is 48.2 Å². The Bertz CT molecular complexity index is 1760. The average Bonchev–Trinajstić information content (AvgIpc) is 3.46. The Morgan fingerprint density at radius 2 is 1.82 bits per heavy atom. The lowest BCUT2D eigenvalue weighted by atomic mass is 9.75. The van der Waals surface area contributed by atoms with Gasteiger partial charge in [-0.15, -0.1) is 0 Å². The summed E-state index contributed by atoms with van der Waals surface area (Å²) in [5, 5.41) is 13.5. The Hall–Kier alpha value is -4.87. The predicted molar refractivity (Wildman–Crippen MR) is 181 cm³/mol. The SMILES string of the molecule is COC(=O)N1CCC(C(=O)N[C@@H](C)C2CCC2)(c2cccc(NC(=O)[C@@H](NC(=O)c3ccnn3C)C3c4ccccc4OCC34CC4)c2)C1.